The van der Waals surface area contributed by atoms with Crippen molar-refractivity contribution in [2.24, 2.45) is 30.0 Å². The third-order valence-corrected chi connectivity index (χ3v) is 10.7. The number of fused-ring (bicyclic) bond motifs is 2. The predicted octanol–water partition coefficient (Wildman–Crippen LogP) is 5.78. The summed E-state index contributed by atoms with van der Waals surface area (Å²) in [6, 6.07) is 11.2. The number of hydrazine groups is 1. The Morgan fingerprint density at radius 1 is 1.22 bits per heavy atom. The van der Waals surface area contributed by atoms with Gasteiger partial charge in [0.05, 0.1) is 51.9 Å². The van der Waals surface area contributed by atoms with Gasteiger partial charge in [-0.1, -0.05) is 44.5 Å². The number of phosphoric ester groups is 1. The zero-order valence-electron chi connectivity index (χ0n) is 30.5. The number of carbonyl (C=O) groups is 1. The number of nitrogens with two attached hydrogens (primary N) is 2. The zero-order valence-corrected chi connectivity index (χ0v) is 32.1. The Morgan fingerprint density at radius 2 is 1.94 bits per heavy atom. The lowest BCUT2D eigenvalue weighted by Crippen LogP contribution is -2.68. The van der Waals surface area contributed by atoms with Crippen LogP contribution in [-0.2, 0) is 20.9 Å². The van der Waals surface area contributed by atoms with Crippen molar-refractivity contribution in [2.45, 2.75) is 58.0 Å². The number of pyridine rings is 2. The van der Waals surface area contributed by atoms with E-state index in [0.29, 0.717) is 45.4 Å². The van der Waals surface area contributed by atoms with Crippen LogP contribution in [0, 0.1) is 22.7 Å². The Morgan fingerprint density at radius 3 is 2.57 bits per heavy atom. The fourth-order valence-electron chi connectivity index (χ4n) is 7.07. The van der Waals surface area contributed by atoms with E-state index in [9.17, 15) is 19.4 Å². The van der Waals surface area contributed by atoms with E-state index < -0.39 is 20.0 Å². The Hall–Kier alpha value is -4.68. The van der Waals surface area contributed by atoms with Crippen molar-refractivity contribution in [1.29, 1.82) is 5.26 Å². The van der Waals surface area contributed by atoms with Gasteiger partial charge in [0.1, 0.15) is 12.1 Å². The maximum Gasteiger partial charge on any atom is 0.469 e. The standard InChI is InChI=1S/C37H44ClN8O7P/c1-36(2,3)21-43-31-23(18-39)19-42-32-28(31)13-24(14-29(32)38)46(35(48)52-11-6-12-53-54(49,50)51)33(30(40)20-45(41)37-15-22(16-37)17-37)26-7-5-8-27-25(26)9-10-44(4)34(27)47/h5,7-10,13-14,19-20,22,33H,6,11-12,15-17,21,40-41H2,1-4H3,(H,42,43)(H2,49,50,51)/b30-20-/t22?,33-,37?/m0/s1. The molecule has 2 aromatic heterocycles. The Kier molecular flexibility index (Phi) is 10.7. The number of nitrogens with zero attached hydrogens (tertiary/aromatic N) is 5. The van der Waals surface area contributed by atoms with E-state index in [1.807, 2.05) is 20.8 Å². The van der Waals surface area contributed by atoms with Crippen LogP contribution in [-0.4, -0.2) is 55.7 Å². The van der Waals surface area contributed by atoms with Crippen LogP contribution in [0.1, 0.15) is 63.6 Å². The number of nitriles is 1. The number of hydrogen-bond donors (Lipinski definition) is 5. The van der Waals surface area contributed by atoms with Crippen molar-refractivity contribution in [3.05, 3.63) is 87.2 Å². The smallest absolute Gasteiger partial charge is 0.449 e. The maximum absolute atomic E-state index is 14.5. The van der Waals surface area contributed by atoms with Crippen LogP contribution < -0.4 is 27.4 Å². The highest BCUT2D eigenvalue weighted by Crippen LogP contribution is 2.60. The summed E-state index contributed by atoms with van der Waals surface area (Å²) in [5.41, 5.74) is 8.32. The molecule has 3 saturated carbocycles. The molecule has 286 valence electrons. The lowest BCUT2D eigenvalue weighted by molar-refractivity contribution is -0.124. The van der Waals surface area contributed by atoms with Gasteiger partial charge in [0.2, 0.25) is 0 Å². The molecule has 0 radical (unpaired) electrons. The lowest BCUT2D eigenvalue weighted by Gasteiger charge is -2.65. The first kappa shape index (κ1) is 39.0. The van der Waals surface area contributed by atoms with Crippen molar-refractivity contribution >= 4 is 58.6 Å². The summed E-state index contributed by atoms with van der Waals surface area (Å²) < 4.78 is 23.0. The van der Waals surface area contributed by atoms with E-state index in [1.165, 1.54) is 15.7 Å². The molecule has 0 aliphatic heterocycles. The van der Waals surface area contributed by atoms with Gasteiger partial charge >= 0.3 is 13.9 Å². The predicted molar refractivity (Wildman–Crippen MR) is 206 cm³/mol. The normalized spacial score (nSPS) is 18.7. The molecule has 2 heterocycles. The molecular formula is C37H44ClN8O7P. The first-order chi connectivity index (χ1) is 25.4. The third kappa shape index (κ3) is 7.91. The van der Waals surface area contributed by atoms with Crippen molar-refractivity contribution in [2.75, 3.05) is 30.0 Å². The number of aryl methyl sites for hydroxylation is 1. The second-order valence-electron chi connectivity index (χ2n) is 15.2. The molecule has 3 aliphatic carbocycles. The van der Waals surface area contributed by atoms with E-state index in [0.717, 1.165) is 19.3 Å². The van der Waals surface area contributed by atoms with Crippen LogP contribution in [0.15, 0.2) is 65.5 Å². The highest BCUT2D eigenvalue weighted by atomic mass is 35.5. The molecule has 54 heavy (non-hydrogen) atoms. The van der Waals surface area contributed by atoms with E-state index in [4.69, 9.17) is 37.7 Å². The second kappa shape index (κ2) is 14.9. The van der Waals surface area contributed by atoms with Crippen LogP contribution in [0.3, 0.4) is 0 Å². The van der Waals surface area contributed by atoms with Crippen LogP contribution in [0.5, 0.6) is 0 Å². The molecule has 3 aliphatic rings. The van der Waals surface area contributed by atoms with Crippen molar-refractivity contribution < 1.29 is 28.4 Å². The summed E-state index contributed by atoms with van der Waals surface area (Å²) in [7, 11) is -3.10. The summed E-state index contributed by atoms with van der Waals surface area (Å²) in [5, 5.41) is 16.6. The fourth-order valence-corrected chi connectivity index (χ4v) is 7.70. The molecule has 17 heteroatoms. The number of carbonyl (C=O) groups excluding carboxylic acids is 1. The SMILES string of the molecule is Cn1ccc2c([C@@H](/C(N)=C/N(N)C34CC(C3)C4)N(C(=O)OCCCOP(=O)(O)O)c3cc(Cl)c4ncc(C#N)c(NCC(C)(C)C)c4c3)cccc2c1=O. The molecule has 2 bridgehead atoms. The average molecular weight is 779 g/mol. The van der Waals surface area contributed by atoms with Gasteiger partial charge < -0.3 is 35.2 Å². The van der Waals surface area contributed by atoms with Crippen LogP contribution in [0.4, 0.5) is 16.2 Å². The minimum Gasteiger partial charge on any atom is -0.449 e. The number of rotatable bonds is 13. The topological polar surface area (TPSA) is 222 Å². The van der Waals surface area contributed by atoms with Gasteiger partial charge in [0.15, 0.2) is 0 Å². The summed E-state index contributed by atoms with van der Waals surface area (Å²) in [4.78, 5) is 51.9. The number of nitrogens with one attached hydrogen (secondary N) is 1. The van der Waals surface area contributed by atoms with Gasteiger partial charge in [-0.3, -0.25) is 19.2 Å². The molecule has 1 atom stereocenters. The van der Waals surface area contributed by atoms with Gasteiger partial charge in [0, 0.05) is 49.4 Å². The summed E-state index contributed by atoms with van der Waals surface area (Å²) >= 11 is 6.94. The number of anilines is 2. The van der Waals surface area contributed by atoms with E-state index in [1.54, 1.807) is 60.9 Å². The molecule has 15 nitrogen and oxygen atoms in total. The van der Waals surface area contributed by atoms with Gasteiger partial charge in [-0.15, -0.1) is 0 Å². The van der Waals surface area contributed by atoms with Gasteiger partial charge in [0.25, 0.3) is 5.56 Å². The van der Waals surface area contributed by atoms with E-state index >= 15 is 0 Å². The number of halogens is 1. The van der Waals surface area contributed by atoms with Crippen molar-refractivity contribution in [3.8, 4) is 6.07 Å². The van der Waals surface area contributed by atoms with Crippen molar-refractivity contribution in [3.63, 3.8) is 0 Å². The van der Waals surface area contributed by atoms with Gasteiger partial charge in [-0.25, -0.2) is 15.2 Å². The number of amides is 1. The van der Waals surface area contributed by atoms with Crippen LogP contribution >= 0.6 is 19.4 Å². The third-order valence-electron chi connectivity index (χ3n) is 9.94. The Balaban J connectivity index is 1.55. The molecule has 4 aromatic rings. The first-order valence-corrected chi connectivity index (χ1v) is 19.3. The number of benzene rings is 2. The summed E-state index contributed by atoms with van der Waals surface area (Å²) in [6.07, 6.45) is 6.50. The summed E-state index contributed by atoms with van der Waals surface area (Å²) in [5.74, 6) is 7.27. The van der Waals surface area contributed by atoms with E-state index in [-0.39, 0.29) is 58.1 Å². The van der Waals surface area contributed by atoms with Gasteiger partial charge in [-0.2, -0.15) is 5.26 Å². The number of aromatic nitrogens is 2. The summed E-state index contributed by atoms with van der Waals surface area (Å²) in [6.45, 7) is 5.95. The highest BCUT2D eigenvalue weighted by molar-refractivity contribution is 7.46. The highest BCUT2D eigenvalue weighted by Gasteiger charge is 2.59. The first-order valence-electron chi connectivity index (χ1n) is 17.4. The van der Waals surface area contributed by atoms with Gasteiger partial charge in [-0.05, 0) is 65.8 Å². The lowest BCUT2D eigenvalue weighted by atomic mass is 9.49. The molecule has 0 saturated heterocycles. The quantitative estimate of drug-likeness (QED) is 0.0471. The molecular weight excluding hydrogens is 735 g/mol. The van der Waals surface area contributed by atoms with Crippen molar-refractivity contribution in [1.82, 2.24) is 14.6 Å². The molecule has 1 amide bonds. The largest absolute Gasteiger partial charge is 0.469 e. The number of phosphoric acid groups is 1. The number of hydrogen-bond acceptors (Lipinski definition) is 11. The second-order valence-corrected chi connectivity index (χ2v) is 16.9. The maximum atomic E-state index is 14.5. The molecule has 7 N–H and O–H groups in total. The molecule has 0 unspecified atom stereocenters. The Bertz CT molecular complexity index is 2280. The molecule has 7 rings (SSSR count). The Labute approximate surface area is 317 Å². The fraction of sp³-hybridized carbons (Fsp3) is 0.405. The van der Waals surface area contributed by atoms with Crippen LogP contribution in [0.25, 0.3) is 21.7 Å². The monoisotopic (exact) mass is 778 g/mol. The molecule has 3 fully saturated rings. The minimum absolute atomic E-state index is 0.0416. The average Bonchev–Trinajstić information content (AvgIpc) is 3.04. The number of ether oxygens (including phenoxy) is 1. The zero-order chi connectivity index (χ0) is 39.2. The van der Waals surface area contributed by atoms with Crippen LogP contribution in [0.2, 0.25) is 5.02 Å². The van der Waals surface area contributed by atoms with E-state index in [2.05, 4.69) is 20.9 Å². The molecule has 0 spiro atoms. The molecule has 2 aromatic carbocycles. The minimum atomic E-state index is -4.74.